The molecule has 0 unspecified atom stereocenters. The lowest BCUT2D eigenvalue weighted by Crippen LogP contribution is -0.917. The zero-order valence-corrected chi connectivity index (χ0v) is 3.45. The molecule has 0 amide bonds. The highest BCUT2D eigenvalue weighted by molar-refractivity contribution is 7.93. The molecule has 3 heteroatoms. The van der Waals surface area contributed by atoms with Gasteiger partial charge in [0, 0.05) is 4.31 Å². The van der Waals surface area contributed by atoms with Crippen molar-refractivity contribution < 1.29 is 5.48 Å². The van der Waals surface area contributed by atoms with Crippen LogP contribution >= 0.6 is 24.4 Å². The number of hydrogen-bond acceptors (Lipinski definition) is 2. The van der Waals surface area contributed by atoms with E-state index in [9.17, 15) is 0 Å². The third-order valence-corrected chi connectivity index (χ3v) is 0. The van der Waals surface area contributed by atoms with Gasteiger partial charge in [-0.1, -0.05) is 0 Å². The summed E-state index contributed by atoms with van der Waals surface area (Å²) in [5.74, 6) is 0. The molecule has 0 aromatic rings. The zero-order valence-electron chi connectivity index (χ0n) is 1.82. The maximum Gasteiger partial charge on any atom is 0.0297 e. The fraction of sp³-hybridized carbons (Fsp3) is 0. The summed E-state index contributed by atoms with van der Waals surface area (Å²) in [5, 5.41) is 0. The van der Waals surface area contributed by atoms with Crippen molar-refractivity contribution in [1.29, 1.82) is 0 Å². The van der Waals surface area contributed by atoms with Crippen LogP contribution in [0.25, 0.3) is 0 Å². The molecule has 0 fully saturated rings. The van der Waals surface area contributed by atoms with Crippen LogP contribution in [0.3, 0.4) is 0 Å². The van der Waals surface area contributed by atoms with Crippen LogP contribution < -0.4 is 0 Å². The summed E-state index contributed by atoms with van der Waals surface area (Å²) in [5.41, 5.74) is 0. The lowest BCUT2D eigenvalue weighted by molar-refractivity contribution is 0.824. The Morgan fingerprint density at radius 1 is 1.25 bits per heavy atom. The van der Waals surface area contributed by atoms with E-state index < -0.39 is 0 Å². The van der Waals surface area contributed by atoms with Gasteiger partial charge >= 0.3 is 0 Å². The van der Waals surface area contributed by atoms with E-state index in [1.165, 1.54) is 0 Å². The van der Waals surface area contributed by atoms with Gasteiger partial charge in [-0.15, -0.1) is 0 Å². The Morgan fingerprint density at radius 3 is 1.25 bits per heavy atom. The molecule has 0 spiro atoms. The third kappa shape index (κ3) is 93.7. The fourth-order valence-corrected chi connectivity index (χ4v) is 0. The van der Waals surface area contributed by atoms with Crippen molar-refractivity contribution in [3.8, 4) is 0 Å². The summed E-state index contributed by atoms with van der Waals surface area (Å²) >= 11 is 7.92. The van der Waals surface area contributed by atoms with Gasteiger partial charge in [0.2, 0.25) is 0 Å². The molecule has 24 valence electrons. The van der Waals surface area contributed by atoms with Crippen molar-refractivity contribution in [3.63, 3.8) is 0 Å². The summed E-state index contributed by atoms with van der Waals surface area (Å²) in [4.78, 5) is 0. The summed E-state index contributed by atoms with van der Waals surface area (Å²) < 4.78 is 1.92. The second kappa shape index (κ2) is 10.9. The standard InChI is InChI=1S/CS2.H2O/c2-1-3;/h;1H2. The average molecular weight is 94.2 g/mol. The van der Waals surface area contributed by atoms with E-state index in [0.29, 0.717) is 0 Å². The molecule has 0 radical (unpaired) electrons. The Hall–Kier alpha value is 0.180. The Bertz CT molecular complexity index is 27.0. The molecule has 4 heavy (non-hydrogen) atoms. The largest absolute Gasteiger partial charge is 0.412 e. The Kier molecular flexibility index (Phi) is 24.1. The lowest BCUT2D eigenvalue weighted by atomic mass is 12.0. The van der Waals surface area contributed by atoms with E-state index in [-0.39, 0.29) is 5.48 Å². The van der Waals surface area contributed by atoms with Gasteiger partial charge in [-0.2, -0.15) is 0 Å². The van der Waals surface area contributed by atoms with Gasteiger partial charge in [0.15, 0.2) is 0 Å². The molecule has 0 bridgehead atoms. The van der Waals surface area contributed by atoms with E-state index in [0.717, 1.165) is 0 Å². The quantitative estimate of drug-likeness (QED) is 0.401. The Morgan fingerprint density at radius 2 is 1.25 bits per heavy atom. The predicted octanol–water partition coefficient (Wildman–Crippen LogP) is 0.193. The van der Waals surface area contributed by atoms with Gasteiger partial charge < -0.3 is 5.48 Å². The van der Waals surface area contributed by atoms with Gasteiger partial charge in [-0.3, -0.25) is 0 Å². The maximum atomic E-state index is 3.96. The molecule has 0 aromatic heterocycles. The summed E-state index contributed by atoms with van der Waals surface area (Å²) in [6, 6.07) is 0. The molecule has 0 aliphatic carbocycles. The van der Waals surface area contributed by atoms with Crippen molar-refractivity contribution in [1.82, 2.24) is 0 Å². The molecular formula is CH2OS2. The molecular weight excluding hydrogens is 92.1 g/mol. The first-order valence-corrected chi connectivity index (χ1v) is 1.22. The van der Waals surface area contributed by atoms with Crippen molar-refractivity contribution in [2.75, 3.05) is 0 Å². The third-order valence-electron chi connectivity index (χ3n) is 0. The minimum Gasteiger partial charge on any atom is -0.412 e. The molecule has 0 aliphatic heterocycles. The topological polar surface area (TPSA) is 31.5 Å². The van der Waals surface area contributed by atoms with Crippen LogP contribution in [-0.2, 0) is 0 Å². The van der Waals surface area contributed by atoms with E-state index in [2.05, 4.69) is 24.4 Å². The second-order valence-corrected chi connectivity index (χ2v) is 0.750. The van der Waals surface area contributed by atoms with Crippen molar-refractivity contribution in [3.05, 3.63) is 0 Å². The van der Waals surface area contributed by atoms with Crippen molar-refractivity contribution >= 4 is 28.7 Å². The highest BCUT2D eigenvalue weighted by atomic mass is 32.1. The van der Waals surface area contributed by atoms with Crippen LogP contribution in [-0.4, -0.2) is 9.79 Å². The smallest absolute Gasteiger partial charge is 0.0297 e. The van der Waals surface area contributed by atoms with Crippen molar-refractivity contribution in [2.24, 2.45) is 0 Å². The first kappa shape index (κ1) is 8.89. The minimum atomic E-state index is 0. The lowest BCUT2D eigenvalue weighted by Gasteiger charge is -0.992. The van der Waals surface area contributed by atoms with Crippen LogP contribution in [0.15, 0.2) is 0 Å². The van der Waals surface area contributed by atoms with Crippen LogP contribution in [0, 0.1) is 0 Å². The molecule has 0 heterocycles. The van der Waals surface area contributed by atoms with E-state index in [4.69, 9.17) is 0 Å². The molecule has 0 saturated heterocycles. The maximum absolute atomic E-state index is 3.96. The number of hydrogen-bond donors (Lipinski definition) is 0. The van der Waals surface area contributed by atoms with Gasteiger partial charge in [0.25, 0.3) is 0 Å². The summed E-state index contributed by atoms with van der Waals surface area (Å²) in [6.07, 6.45) is 0. The second-order valence-electron chi connectivity index (χ2n) is 0.0833. The molecule has 0 aromatic carbocycles. The zero-order chi connectivity index (χ0) is 2.71. The normalized spacial score (nSPS) is 2.00. The van der Waals surface area contributed by atoms with Crippen LogP contribution in [0.4, 0.5) is 0 Å². The van der Waals surface area contributed by atoms with Crippen molar-refractivity contribution in [2.45, 2.75) is 0 Å². The van der Waals surface area contributed by atoms with Gasteiger partial charge in [0.1, 0.15) is 0 Å². The molecule has 0 rings (SSSR count). The Labute approximate surface area is 34.9 Å². The number of thiocarbonyl (C=S) groups is 2. The fourth-order valence-electron chi connectivity index (χ4n) is 0. The van der Waals surface area contributed by atoms with Crippen LogP contribution in [0.2, 0.25) is 0 Å². The molecule has 0 atom stereocenters. The highest BCUT2D eigenvalue weighted by Crippen LogP contribution is 1.29. The first-order chi connectivity index (χ1) is 1.41. The van der Waals surface area contributed by atoms with Gasteiger partial charge in [-0.05, 0) is 24.4 Å². The predicted molar refractivity (Wildman–Crippen MR) is 23.8 cm³/mol. The van der Waals surface area contributed by atoms with E-state index >= 15 is 0 Å². The van der Waals surface area contributed by atoms with Gasteiger partial charge in [-0.25, -0.2) is 0 Å². The molecule has 1 nitrogen and oxygen atoms in total. The molecule has 0 saturated carbocycles. The number of rotatable bonds is 0. The van der Waals surface area contributed by atoms with Crippen LogP contribution in [0.1, 0.15) is 0 Å². The average Bonchev–Trinajstić information content (AvgIpc) is 0.918. The van der Waals surface area contributed by atoms with E-state index in [1.54, 1.807) is 0 Å². The highest BCUT2D eigenvalue weighted by Gasteiger charge is 1.01. The van der Waals surface area contributed by atoms with E-state index in [1.807, 2.05) is 4.31 Å². The molecule has 0 aliphatic rings. The van der Waals surface area contributed by atoms with Crippen LogP contribution in [0.5, 0.6) is 0 Å². The molecule has 2 N–H and O–H groups in total. The SMILES string of the molecule is O.S=C=S. The van der Waals surface area contributed by atoms with Gasteiger partial charge in [0.05, 0.1) is 0 Å². The first-order valence-electron chi connectivity index (χ1n) is 0.408. The Balaban J connectivity index is 0. The summed E-state index contributed by atoms with van der Waals surface area (Å²) in [7, 11) is 0. The summed E-state index contributed by atoms with van der Waals surface area (Å²) in [6.45, 7) is 0. The minimum absolute atomic E-state index is 0. The monoisotopic (exact) mass is 94.0 g/mol.